The van der Waals surface area contributed by atoms with Gasteiger partial charge in [0.2, 0.25) is 10.0 Å². The summed E-state index contributed by atoms with van der Waals surface area (Å²) < 4.78 is 27.9. The van der Waals surface area contributed by atoms with Crippen molar-refractivity contribution in [3.05, 3.63) is 70.2 Å². The second-order valence-corrected chi connectivity index (χ2v) is 8.63. The minimum Gasteiger partial charge on any atom is -0.240 e. The van der Waals surface area contributed by atoms with Gasteiger partial charge in [0.25, 0.3) is 0 Å². The first-order valence-corrected chi connectivity index (χ1v) is 10.3. The maximum absolute atomic E-state index is 12.6. The lowest BCUT2D eigenvalue weighted by atomic mass is 10.1. The molecule has 3 rings (SSSR count). The molecule has 0 atom stereocenters. The van der Waals surface area contributed by atoms with Crippen molar-refractivity contribution in [2.24, 2.45) is 0 Å². The highest BCUT2D eigenvalue weighted by Crippen LogP contribution is 2.24. The van der Waals surface area contributed by atoms with Crippen molar-refractivity contribution in [2.75, 3.05) is 0 Å². The van der Waals surface area contributed by atoms with Crippen LogP contribution in [0.2, 0.25) is 0 Å². The van der Waals surface area contributed by atoms with Gasteiger partial charge in [-0.25, -0.2) is 18.1 Å². The van der Waals surface area contributed by atoms with E-state index in [1.54, 1.807) is 6.07 Å². The van der Waals surface area contributed by atoms with Gasteiger partial charge < -0.3 is 0 Å². The van der Waals surface area contributed by atoms with Crippen molar-refractivity contribution >= 4 is 21.4 Å². The quantitative estimate of drug-likeness (QED) is 0.730. The van der Waals surface area contributed by atoms with Gasteiger partial charge in [-0.1, -0.05) is 36.4 Å². The summed E-state index contributed by atoms with van der Waals surface area (Å²) in [6, 6.07) is 13.5. The highest BCUT2D eigenvalue weighted by Gasteiger charge is 2.18. The van der Waals surface area contributed by atoms with E-state index in [0.717, 1.165) is 27.3 Å². The van der Waals surface area contributed by atoms with Crippen molar-refractivity contribution in [1.82, 2.24) is 9.71 Å². The van der Waals surface area contributed by atoms with E-state index >= 15 is 0 Å². The maximum atomic E-state index is 12.6. The molecule has 0 unspecified atom stereocenters. The molecule has 2 aromatic carbocycles. The second kappa shape index (κ2) is 7.07. The fraction of sp³-hybridized carbons (Fsp3) is 0.211. The molecule has 130 valence electrons. The second-order valence-electron chi connectivity index (χ2n) is 6.04. The molecule has 3 aromatic rings. The molecule has 0 radical (unpaired) electrons. The van der Waals surface area contributed by atoms with Crippen LogP contribution in [0.4, 0.5) is 0 Å². The number of aryl methyl sites for hydroxylation is 3. The van der Waals surface area contributed by atoms with Gasteiger partial charge in [0.15, 0.2) is 0 Å². The van der Waals surface area contributed by atoms with Gasteiger partial charge >= 0.3 is 0 Å². The number of benzene rings is 2. The number of hydrogen-bond acceptors (Lipinski definition) is 4. The van der Waals surface area contributed by atoms with E-state index in [1.165, 1.54) is 11.3 Å². The topological polar surface area (TPSA) is 59.1 Å². The maximum Gasteiger partial charge on any atom is 0.241 e. The predicted octanol–water partition coefficient (Wildman–Crippen LogP) is 4.21. The minimum atomic E-state index is -3.57. The van der Waals surface area contributed by atoms with Crippen molar-refractivity contribution in [2.45, 2.75) is 32.2 Å². The number of aromatic nitrogens is 1. The van der Waals surface area contributed by atoms with E-state index < -0.39 is 10.0 Å². The van der Waals surface area contributed by atoms with Crippen molar-refractivity contribution in [3.8, 4) is 10.6 Å². The Hall–Kier alpha value is -2.02. The normalized spacial score (nSPS) is 11.6. The molecule has 0 aliphatic rings. The Morgan fingerprint density at radius 3 is 2.40 bits per heavy atom. The summed E-state index contributed by atoms with van der Waals surface area (Å²) in [7, 11) is -3.57. The van der Waals surface area contributed by atoms with E-state index in [-0.39, 0.29) is 6.54 Å². The zero-order valence-electron chi connectivity index (χ0n) is 14.4. The lowest BCUT2D eigenvalue weighted by molar-refractivity contribution is 0.580. The van der Waals surface area contributed by atoms with Crippen molar-refractivity contribution < 1.29 is 8.42 Å². The number of nitrogens with one attached hydrogen (secondary N) is 1. The Bertz CT molecular complexity index is 994. The summed E-state index contributed by atoms with van der Waals surface area (Å²) >= 11 is 1.51. The highest BCUT2D eigenvalue weighted by atomic mass is 32.2. The van der Waals surface area contributed by atoms with E-state index in [9.17, 15) is 8.42 Å². The molecule has 0 aliphatic carbocycles. The lowest BCUT2D eigenvalue weighted by Crippen LogP contribution is -2.24. The van der Waals surface area contributed by atoms with Gasteiger partial charge in [0.05, 0.1) is 17.1 Å². The summed E-state index contributed by atoms with van der Waals surface area (Å²) in [6.07, 6.45) is 0. The molecule has 0 spiro atoms. The molecule has 0 fully saturated rings. The van der Waals surface area contributed by atoms with Crippen LogP contribution < -0.4 is 4.72 Å². The number of thiazole rings is 1. The highest BCUT2D eigenvalue weighted by molar-refractivity contribution is 7.89. The summed E-state index contributed by atoms with van der Waals surface area (Å²) in [5, 5.41) is 2.77. The zero-order chi connectivity index (χ0) is 18.0. The first-order valence-electron chi connectivity index (χ1n) is 7.94. The Morgan fingerprint density at radius 2 is 1.68 bits per heavy atom. The average molecular weight is 373 g/mol. The van der Waals surface area contributed by atoms with E-state index in [4.69, 9.17) is 0 Å². The molecule has 1 aromatic heterocycles. The van der Waals surface area contributed by atoms with E-state index in [0.29, 0.717) is 10.6 Å². The third kappa shape index (κ3) is 3.98. The van der Waals surface area contributed by atoms with Gasteiger partial charge in [0, 0.05) is 10.9 Å². The first kappa shape index (κ1) is 17.8. The molecule has 25 heavy (non-hydrogen) atoms. The smallest absolute Gasteiger partial charge is 0.240 e. The van der Waals surface area contributed by atoms with Crippen LogP contribution in [0.15, 0.2) is 52.7 Å². The van der Waals surface area contributed by atoms with Crippen LogP contribution in [0.3, 0.4) is 0 Å². The molecule has 0 saturated carbocycles. The van der Waals surface area contributed by atoms with Crippen molar-refractivity contribution in [3.63, 3.8) is 0 Å². The molecule has 1 N–H and O–H groups in total. The van der Waals surface area contributed by atoms with Gasteiger partial charge in [-0.2, -0.15) is 0 Å². The summed E-state index contributed by atoms with van der Waals surface area (Å²) in [5.41, 5.74) is 4.55. The van der Waals surface area contributed by atoms with Gasteiger partial charge in [-0.15, -0.1) is 11.3 Å². The van der Waals surface area contributed by atoms with Gasteiger partial charge in [-0.05, 0) is 43.5 Å². The minimum absolute atomic E-state index is 0.179. The lowest BCUT2D eigenvalue weighted by Gasteiger charge is -2.11. The monoisotopic (exact) mass is 372 g/mol. The third-order valence-electron chi connectivity index (χ3n) is 4.10. The molecule has 1 heterocycles. The average Bonchev–Trinajstić information content (AvgIpc) is 3.06. The Labute approximate surface area is 152 Å². The Kier molecular flexibility index (Phi) is 5.03. The number of nitrogens with zero attached hydrogens (tertiary/aromatic N) is 1. The molecule has 0 saturated heterocycles. The van der Waals surface area contributed by atoms with Crippen LogP contribution in [0, 0.1) is 20.8 Å². The van der Waals surface area contributed by atoms with Gasteiger partial charge in [-0.3, -0.25) is 0 Å². The van der Waals surface area contributed by atoms with Crippen LogP contribution in [0.1, 0.15) is 22.4 Å². The summed E-state index contributed by atoms with van der Waals surface area (Å²) in [5.74, 6) is 0. The van der Waals surface area contributed by atoms with Gasteiger partial charge in [0.1, 0.15) is 5.01 Å². The predicted molar refractivity (Wildman–Crippen MR) is 102 cm³/mol. The van der Waals surface area contributed by atoms with Crippen molar-refractivity contribution in [1.29, 1.82) is 0 Å². The number of rotatable bonds is 5. The molecule has 0 amide bonds. The van der Waals surface area contributed by atoms with Crippen LogP contribution in [-0.4, -0.2) is 13.4 Å². The standard InChI is InChI=1S/C19H20N2O2S2/c1-13-9-15(3)18(10-14(13)2)25(22,23)20-11-17-12-24-19(21-17)16-7-5-4-6-8-16/h4-10,12,20H,11H2,1-3H3. The Balaban J connectivity index is 1.77. The summed E-state index contributed by atoms with van der Waals surface area (Å²) in [6.45, 7) is 5.89. The zero-order valence-corrected chi connectivity index (χ0v) is 16.0. The molecule has 4 nitrogen and oxygen atoms in total. The van der Waals surface area contributed by atoms with E-state index in [2.05, 4.69) is 9.71 Å². The first-order chi connectivity index (χ1) is 11.9. The fourth-order valence-corrected chi connectivity index (χ4v) is 4.71. The Morgan fingerprint density at radius 1 is 1.00 bits per heavy atom. The van der Waals surface area contributed by atoms with Crippen LogP contribution in [-0.2, 0) is 16.6 Å². The fourth-order valence-electron chi connectivity index (χ4n) is 2.57. The van der Waals surface area contributed by atoms with Crippen LogP contribution >= 0.6 is 11.3 Å². The number of hydrogen-bond donors (Lipinski definition) is 1. The summed E-state index contributed by atoms with van der Waals surface area (Å²) in [4.78, 5) is 4.85. The van der Waals surface area contributed by atoms with Crippen LogP contribution in [0.25, 0.3) is 10.6 Å². The third-order valence-corrected chi connectivity index (χ3v) is 6.58. The molecular formula is C19H20N2O2S2. The number of sulfonamides is 1. The molecule has 0 bridgehead atoms. The van der Waals surface area contributed by atoms with Crippen LogP contribution in [0.5, 0.6) is 0 Å². The molecular weight excluding hydrogens is 352 g/mol. The largest absolute Gasteiger partial charge is 0.241 e. The SMILES string of the molecule is Cc1cc(C)c(S(=O)(=O)NCc2csc(-c3ccccc3)n2)cc1C. The molecule has 6 heteroatoms. The molecule has 0 aliphatic heterocycles. The van der Waals surface area contributed by atoms with E-state index in [1.807, 2.05) is 62.5 Å².